The van der Waals surface area contributed by atoms with Crippen LogP contribution in [-0.4, -0.2) is 25.1 Å². The number of carbonyl (C=O) groups excluding carboxylic acids is 1. The summed E-state index contributed by atoms with van der Waals surface area (Å²) in [7, 11) is 2.47. The van der Waals surface area contributed by atoms with Crippen LogP contribution >= 0.6 is 0 Å². The van der Waals surface area contributed by atoms with Crippen molar-refractivity contribution in [1.29, 1.82) is 0 Å². The van der Waals surface area contributed by atoms with Crippen LogP contribution in [0, 0.1) is 30.2 Å². The third kappa shape index (κ3) is 3.08. The summed E-state index contributed by atoms with van der Waals surface area (Å²) >= 11 is 0. The molecule has 0 radical (unpaired) electrons. The van der Waals surface area contributed by atoms with Crippen LogP contribution in [0.4, 0.5) is 17.6 Å². The van der Waals surface area contributed by atoms with E-state index >= 15 is 0 Å². The number of phenolic OH excluding ortho intramolecular Hbond substituents is 1. The van der Waals surface area contributed by atoms with Gasteiger partial charge in [0.25, 0.3) is 0 Å². The van der Waals surface area contributed by atoms with Gasteiger partial charge in [-0.2, -0.15) is 0 Å². The monoisotopic (exact) mass is 410 g/mol. The Hall–Kier alpha value is -3.49. The Bertz CT molecular complexity index is 1130. The molecule has 1 N–H and O–H groups in total. The molecule has 29 heavy (non-hydrogen) atoms. The van der Waals surface area contributed by atoms with Crippen LogP contribution < -0.4 is 9.47 Å². The van der Waals surface area contributed by atoms with Crippen molar-refractivity contribution in [2.75, 3.05) is 14.2 Å². The highest BCUT2D eigenvalue weighted by atomic mass is 19.2. The van der Waals surface area contributed by atoms with Gasteiger partial charge >= 0.3 is 0 Å². The highest BCUT2D eigenvalue weighted by Gasteiger charge is 2.27. The van der Waals surface area contributed by atoms with E-state index in [9.17, 15) is 27.5 Å². The third-order valence-corrected chi connectivity index (χ3v) is 4.37. The normalized spacial score (nSPS) is 11.4. The number of halogens is 4. The standard InChI is InChI=1S/C20H14F4O5/c1-8-13(21)15(23)9(16(24)14(8)22)4-5-11(25)12-17(26)20(28-3)19-10(6-7-29-19)18(12)27-2/h4-7,26H,1-3H3/b5-4+. The maximum Gasteiger partial charge on any atom is 0.205 e. The molecule has 1 heterocycles. The molecule has 152 valence electrons. The number of furan rings is 1. The SMILES string of the molecule is COc1c(C(=O)/C=C/c2c(F)c(F)c(C)c(F)c2F)c(O)c(OC)c2occc12. The van der Waals surface area contributed by atoms with E-state index in [1.807, 2.05) is 0 Å². The molecule has 0 spiro atoms. The summed E-state index contributed by atoms with van der Waals surface area (Å²) in [5.41, 5.74) is -2.17. The first-order valence-electron chi connectivity index (χ1n) is 8.13. The molecule has 0 unspecified atom stereocenters. The number of carbonyl (C=O) groups is 1. The predicted octanol–water partition coefficient (Wildman–Crippen LogP) is 4.92. The average Bonchev–Trinajstić information content (AvgIpc) is 3.18. The topological polar surface area (TPSA) is 68.9 Å². The summed E-state index contributed by atoms with van der Waals surface area (Å²) < 4.78 is 70.9. The Morgan fingerprint density at radius 1 is 1.03 bits per heavy atom. The van der Waals surface area contributed by atoms with Crippen LogP contribution in [0.2, 0.25) is 0 Å². The number of allylic oxidation sites excluding steroid dienone is 1. The number of rotatable bonds is 5. The van der Waals surface area contributed by atoms with E-state index in [1.54, 1.807) is 0 Å². The molecule has 0 amide bonds. The van der Waals surface area contributed by atoms with Crippen LogP contribution in [-0.2, 0) is 0 Å². The smallest absolute Gasteiger partial charge is 0.205 e. The number of hydrogen-bond donors (Lipinski definition) is 1. The van der Waals surface area contributed by atoms with Gasteiger partial charge in [0.15, 0.2) is 40.4 Å². The Labute approximate surface area is 161 Å². The maximum absolute atomic E-state index is 14.0. The number of ketones is 1. The lowest BCUT2D eigenvalue weighted by atomic mass is 10.0. The van der Waals surface area contributed by atoms with Gasteiger partial charge in [-0.15, -0.1) is 0 Å². The van der Waals surface area contributed by atoms with Gasteiger partial charge in [-0.25, -0.2) is 17.6 Å². The molecule has 0 atom stereocenters. The lowest BCUT2D eigenvalue weighted by Gasteiger charge is -2.13. The van der Waals surface area contributed by atoms with E-state index in [4.69, 9.17) is 13.9 Å². The number of fused-ring (bicyclic) bond motifs is 1. The van der Waals surface area contributed by atoms with Gasteiger partial charge in [-0.3, -0.25) is 4.79 Å². The molecule has 1 aromatic heterocycles. The lowest BCUT2D eigenvalue weighted by molar-refractivity contribution is 0.104. The molecule has 3 aromatic rings. The van der Waals surface area contributed by atoms with Crippen molar-refractivity contribution >= 4 is 22.8 Å². The highest BCUT2D eigenvalue weighted by molar-refractivity contribution is 6.15. The largest absolute Gasteiger partial charge is 0.504 e. The van der Waals surface area contributed by atoms with Gasteiger partial charge in [-0.1, -0.05) is 0 Å². The van der Waals surface area contributed by atoms with Gasteiger partial charge in [0.1, 0.15) is 11.3 Å². The Morgan fingerprint density at radius 3 is 2.17 bits per heavy atom. The Balaban J connectivity index is 2.16. The molecule has 0 fully saturated rings. The molecule has 2 aromatic carbocycles. The summed E-state index contributed by atoms with van der Waals surface area (Å²) in [6.07, 6.45) is 2.50. The molecule has 5 nitrogen and oxygen atoms in total. The molecule has 0 aliphatic carbocycles. The molecule has 0 bridgehead atoms. The zero-order chi connectivity index (χ0) is 21.5. The van der Waals surface area contributed by atoms with Crippen LogP contribution in [0.15, 0.2) is 22.8 Å². The fourth-order valence-corrected chi connectivity index (χ4v) is 2.90. The van der Waals surface area contributed by atoms with Crippen LogP contribution in [0.5, 0.6) is 17.2 Å². The molecule has 0 aliphatic rings. The van der Waals surface area contributed by atoms with E-state index in [1.165, 1.54) is 26.5 Å². The van der Waals surface area contributed by atoms with Crippen molar-refractivity contribution in [3.63, 3.8) is 0 Å². The fraction of sp³-hybridized carbons (Fsp3) is 0.150. The molecular weight excluding hydrogens is 396 g/mol. The second-order valence-electron chi connectivity index (χ2n) is 5.95. The quantitative estimate of drug-likeness (QED) is 0.280. The van der Waals surface area contributed by atoms with E-state index in [0.717, 1.165) is 6.92 Å². The van der Waals surface area contributed by atoms with E-state index in [2.05, 4.69) is 0 Å². The van der Waals surface area contributed by atoms with Crippen LogP contribution in [0.25, 0.3) is 17.0 Å². The fourth-order valence-electron chi connectivity index (χ4n) is 2.90. The number of phenols is 1. The number of methoxy groups -OCH3 is 2. The van der Waals surface area contributed by atoms with E-state index in [-0.39, 0.29) is 22.6 Å². The minimum Gasteiger partial charge on any atom is -0.504 e. The lowest BCUT2D eigenvalue weighted by Crippen LogP contribution is -2.04. The number of hydrogen-bond acceptors (Lipinski definition) is 5. The van der Waals surface area contributed by atoms with Crippen LogP contribution in [0.1, 0.15) is 21.5 Å². The Morgan fingerprint density at radius 2 is 1.62 bits per heavy atom. The first-order chi connectivity index (χ1) is 13.7. The summed E-state index contributed by atoms with van der Waals surface area (Å²) in [6.45, 7) is 0.880. The third-order valence-electron chi connectivity index (χ3n) is 4.37. The van der Waals surface area contributed by atoms with Crippen molar-refractivity contribution < 1.29 is 41.4 Å². The number of ether oxygens (including phenoxy) is 2. The van der Waals surface area contributed by atoms with Gasteiger partial charge in [-0.05, 0) is 25.1 Å². The minimum absolute atomic E-state index is 0.0797. The molecule has 0 aliphatic heterocycles. The minimum atomic E-state index is -1.65. The first kappa shape index (κ1) is 20.2. The molecule has 0 saturated heterocycles. The molecule has 3 rings (SSSR count). The van der Waals surface area contributed by atoms with Gasteiger partial charge in [0, 0.05) is 5.56 Å². The first-order valence-corrected chi connectivity index (χ1v) is 8.13. The summed E-state index contributed by atoms with van der Waals surface area (Å²) in [5, 5.41) is 10.7. The second kappa shape index (κ2) is 7.50. The zero-order valence-corrected chi connectivity index (χ0v) is 15.4. The van der Waals surface area contributed by atoms with Crippen molar-refractivity contribution in [3.05, 3.63) is 58.4 Å². The molecule has 0 saturated carbocycles. The van der Waals surface area contributed by atoms with Crippen molar-refractivity contribution in [1.82, 2.24) is 0 Å². The summed E-state index contributed by atoms with van der Waals surface area (Å²) in [5.74, 6) is -8.27. The molecular formula is C20H14F4O5. The van der Waals surface area contributed by atoms with Crippen molar-refractivity contribution in [2.24, 2.45) is 0 Å². The maximum atomic E-state index is 14.0. The van der Waals surface area contributed by atoms with Gasteiger partial charge < -0.3 is 19.0 Å². The molecule has 9 heteroatoms. The van der Waals surface area contributed by atoms with E-state index < -0.39 is 45.9 Å². The summed E-state index contributed by atoms with van der Waals surface area (Å²) in [6, 6.07) is 1.46. The highest BCUT2D eigenvalue weighted by Crippen LogP contribution is 2.46. The number of benzene rings is 2. The van der Waals surface area contributed by atoms with Gasteiger partial charge in [0.05, 0.1) is 31.4 Å². The van der Waals surface area contributed by atoms with Crippen molar-refractivity contribution in [2.45, 2.75) is 6.92 Å². The average molecular weight is 410 g/mol. The van der Waals surface area contributed by atoms with Crippen molar-refractivity contribution in [3.8, 4) is 17.2 Å². The zero-order valence-electron chi connectivity index (χ0n) is 15.4. The Kier molecular flexibility index (Phi) is 5.23. The van der Waals surface area contributed by atoms with Crippen LogP contribution in [0.3, 0.4) is 0 Å². The second-order valence-corrected chi connectivity index (χ2v) is 5.95. The summed E-state index contributed by atoms with van der Waals surface area (Å²) in [4.78, 5) is 12.7. The van der Waals surface area contributed by atoms with Gasteiger partial charge in [0.2, 0.25) is 5.75 Å². The predicted molar refractivity (Wildman–Crippen MR) is 95.4 cm³/mol. The van der Waals surface area contributed by atoms with E-state index in [0.29, 0.717) is 17.5 Å². The number of aromatic hydroxyl groups is 1.